The van der Waals surface area contributed by atoms with E-state index in [0.29, 0.717) is 11.3 Å². The highest BCUT2D eigenvalue weighted by atomic mass is 16.7. The van der Waals surface area contributed by atoms with Gasteiger partial charge in [0.1, 0.15) is 0 Å². The fourth-order valence-electron chi connectivity index (χ4n) is 5.89. The Hall–Kier alpha value is -0.585. The molecule has 2 aliphatic heterocycles. The second kappa shape index (κ2) is 5.70. The van der Waals surface area contributed by atoms with Crippen LogP contribution in [0.25, 0.3) is 0 Å². The van der Waals surface area contributed by atoms with Crippen LogP contribution in [0.5, 0.6) is 0 Å². The van der Waals surface area contributed by atoms with Crippen molar-refractivity contribution in [2.24, 2.45) is 28.9 Å². The van der Waals surface area contributed by atoms with Crippen molar-refractivity contribution in [2.45, 2.75) is 84.0 Å². The average Bonchev–Trinajstić information content (AvgIpc) is 3.15. The van der Waals surface area contributed by atoms with Crippen LogP contribution in [0.4, 0.5) is 0 Å². The summed E-state index contributed by atoms with van der Waals surface area (Å²) in [5.41, 5.74) is 6.27. The van der Waals surface area contributed by atoms with Gasteiger partial charge in [0.05, 0.1) is 23.7 Å². The molecule has 0 aromatic carbocycles. The SMILES string of the molecule is CC(C)[C@H](N)C(=O)N1CCC[C@H]1B1OC2C[C@H]3C[C@H](C3(C)C)[C@]2(C)O1. The Morgan fingerprint density at radius 2 is 2.00 bits per heavy atom. The molecule has 1 amide bonds. The van der Waals surface area contributed by atoms with E-state index in [1.54, 1.807) is 0 Å². The van der Waals surface area contributed by atoms with Gasteiger partial charge in [-0.05, 0) is 55.8 Å². The summed E-state index contributed by atoms with van der Waals surface area (Å²) in [4.78, 5) is 14.7. The lowest BCUT2D eigenvalue weighted by molar-refractivity contribution is -0.199. The number of nitrogens with zero attached hydrogens (tertiary/aromatic N) is 1. The van der Waals surface area contributed by atoms with E-state index in [1.807, 2.05) is 18.7 Å². The average molecular weight is 348 g/mol. The quantitative estimate of drug-likeness (QED) is 0.795. The lowest BCUT2D eigenvalue weighted by atomic mass is 9.43. The lowest BCUT2D eigenvalue weighted by Gasteiger charge is -2.64. The van der Waals surface area contributed by atoms with Gasteiger partial charge in [0.2, 0.25) is 5.91 Å². The smallest absolute Gasteiger partial charge is 0.404 e. The minimum Gasteiger partial charge on any atom is -0.404 e. The first-order valence-electron chi connectivity index (χ1n) is 10.1. The molecule has 6 atom stereocenters. The summed E-state index contributed by atoms with van der Waals surface area (Å²) in [6.07, 6.45) is 4.46. The summed E-state index contributed by atoms with van der Waals surface area (Å²) in [5.74, 6) is 1.51. The van der Waals surface area contributed by atoms with Gasteiger partial charge in [-0.25, -0.2) is 0 Å². The van der Waals surface area contributed by atoms with E-state index in [-0.39, 0.29) is 36.6 Å². The van der Waals surface area contributed by atoms with Gasteiger partial charge in [-0.15, -0.1) is 0 Å². The van der Waals surface area contributed by atoms with Crippen LogP contribution in [0.3, 0.4) is 0 Å². The molecule has 25 heavy (non-hydrogen) atoms. The molecule has 0 aromatic heterocycles. The van der Waals surface area contributed by atoms with Gasteiger partial charge in [0.25, 0.3) is 0 Å². The third kappa shape index (κ3) is 2.43. The standard InChI is InChI=1S/C19H33BN2O3/c1-11(2)16(21)17(23)22-8-6-7-15(22)20-24-14-10-12-9-13(18(12,3)4)19(14,5)25-20/h11-16H,6-10,21H2,1-5H3/t12-,13-,14?,15+,16+,19+/m1/s1. The molecule has 3 aliphatic carbocycles. The Bertz CT molecular complexity index is 569. The van der Waals surface area contributed by atoms with Gasteiger partial charge in [0, 0.05) is 6.54 Å². The zero-order valence-electron chi connectivity index (χ0n) is 16.3. The number of amides is 1. The number of carbonyl (C=O) groups is 1. The van der Waals surface area contributed by atoms with Crippen molar-refractivity contribution in [3.8, 4) is 0 Å². The second-order valence-electron chi connectivity index (χ2n) is 9.85. The summed E-state index contributed by atoms with van der Waals surface area (Å²) in [6, 6.07) is -0.438. The molecule has 2 heterocycles. The lowest BCUT2D eigenvalue weighted by Crippen LogP contribution is -2.65. The number of nitrogens with two attached hydrogens (primary N) is 1. The predicted molar refractivity (Wildman–Crippen MR) is 97.7 cm³/mol. The normalized spacial score (nSPS) is 43.2. The third-order valence-electron chi connectivity index (χ3n) is 7.87. The zero-order chi connectivity index (χ0) is 18.1. The van der Waals surface area contributed by atoms with Crippen LogP contribution in [0.1, 0.15) is 60.3 Å². The van der Waals surface area contributed by atoms with Crippen molar-refractivity contribution < 1.29 is 14.1 Å². The molecule has 0 spiro atoms. The maximum atomic E-state index is 12.8. The molecule has 2 N–H and O–H groups in total. The molecule has 5 rings (SSSR count). The maximum absolute atomic E-state index is 12.8. The number of hydrogen-bond acceptors (Lipinski definition) is 4. The van der Waals surface area contributed by atoms with Crippen LogP contribution in [0, 0.1) is 23.2 Å². The van der Waals surface area contributed by atoms with Crippen LogP contribution in [0.2, 0.25) is 0 Å². The summed E-state index contributed by atoms with van der Waals surface area (Å²) in [7, 11) is -0.295. The van der Waals surface area contributed by atoms with E-state index >= 15 is 0 Å². The number of likely N-dealkylation sites (tertiary alicyclic amines) is 1. The number of hydrogen-bond donors (Lipinski definition) is 1. The van der Waals surface area contributed by atoms with E-state index in [4.69, 9.17) is 15.0 Å². The highest BCUT2D eigenvalue weighted by Crippen LogP contribution is 2.65. The van der Waals surface area contributed by atoms with Crippen LogP contribution in [-0.2, 0) is 14.1 Å². The Kier molecular flexibility index (Phi) is 4.06. The minimum absolute atomic E-state index is 0.0139. The van der Waals surface area contributed by atoms with Crippen molar-refractivity contribution in [3.63, 3.8) is 0 Å². The van der Waals surface area contributed by atoms with Crippen molar-refractivity contribution in [3.05, 3.63) is 0 Å². The van der Waals surface area contributed by atoms with Crippen molar-refractivity contribution in [2.75, 3.05) is 6.54 Å². The highest BCUT2D eigenvalue weighted by Gasteiger charge is 2.69. The Labute approximate surface area is 152 Å². The van der Waals surface area contributed by atoms with Crippen molar-refractivity contribution >= 4 is 13.0 Å². The molecule has 1 unspecified atom stereocenters. The van der Waals surface area contributed by atoms with Gasteiger partial charge in [-0.1, -0.05) is 27.7 Å². The van der Waals surface area contributed by atoms with E-state index in [1.165, 1.54) is 6.42 Å². The Morgan fingerprint density at radius 1 is 1.28 bits per heavy atom. The third-order valence-corrected chi connectivity index (χ3v) is 7.87. The number of rotatable bonds is 3. The van der Waals surface area contributed by atoms with E-state index in [2.05, 4.69) is 20.8 Å². The maximum Gasteiger partial charge on any atom is 0.481 e. The summed E-state index contributed by atoms with van der Waals surface area (Å²) in [6.45, 7) is 11.8. The first kappa shape index (κ1) is 17.8. The fourth-order valence-corrected chi connectivity index (χ4v) is 5.89. The first-order chi connectivity index (χ1) is 11.7. The second-order valence-corrected chi connectivity index (χ2v) is 9.85. The minimum atomic E-state index is -0.438. The molecule has 6 heteroatoms. The fraction of sp³-hybridized carbons (Fsp3) is 0.947. The molecule has 5 aliphatic rings. The van der Waals surface area contributed by atoms with Crippen molar-refractivity contribution in [1.29, 1.82) is 0 Å². The highest BCUT2D eigenvalue weighted by molar-refractivity contribution is 6.48. The largest absolute Gasteiger partial charge is 0.481 e. The molecule has 0 radical (unpaired) electrons. The molecule has 2 saturated heterocycles. The zero-order valence-corrected chi connectivity index (χ0v) is 16.3. The molecule has 3 saturated carbocycles. The summed E-state index contributed by atoms with van der Waals surface area (Å²) < 4.78 is 13.0. The summed E-state index contributed by atoms with van der Waals surface area (Å²) >= 11 is 0. The van der Waals surface area contributed by atoms with Crippen LogP contribution < -0.4 is 5.73 Å². The van der Waals surface area contributed by atoms with Gasteiger partial charge < -0.3 is 19.9 Å². The van der Waals surface area contributed by atoms with E-state index < -0.39 is 6.04 Å². The van der Waals surface area contributed by atoms with Gasteiger partial charge in [-0.3, -0.25) is 4.79 Å². The Balaban J connectivity index is 1.51. The van der Waals surface area contributed by atoms with Crippen LogP contribution in [0.15, 0.2) is 0 Å². The molecular weight excluding hydrogens is 315 g/mol. The molecular formula is C19H33BN2O3. The molecule has 5 nitrogen and oxygen atoms in total. The molecule has 2 bridgehead atoms. The van der Waals surface area contributed by atoms with Crippen LogP contribution >= 0.6 is 0 Å². The first-order valence-corrected chi connectivity index (χ1v) is 10.1. The van der Waals surface area contributed by atoms with E-state index in [0.717, 1.165) is 31.7 Å². The molecule has 5 fully saturated rings. The molecule has 140 valence electrons. The predicted octanol–water partition coefficient (Wildman–Crippen LogP) is 2.23. The van der Waals surface area contributed by atoms with Crippen LogP contribution in [-0.4, -0.2) is 48.2 Å². The van der Waals surface area contributed by atoms with Gasteiger partial charge in [-0.2, -0.15) is 0 Å². The van der Waals surface area contributed by atoms with Gasteiger partial charge >= 0.3 is 7.12 Å². The van der Waals surface area contributed by atoms with Gasteiger partial charge in [0.15, 0.2) is 0 Å². The van der Waals surface area contributed by atoms with Crippen molar-refractivity contribution in [1.82, 2.24) is 4.90 Å². The van der Waals surface area contributed by atoms with E-state index in [9.17, 15) is 4.79 Å². The Morgan fingerprint density at radius 3 is 2.64 bits per heavy atom. The number of carbonyl (C=O) groups excluding carboxylic acids is 1. The monoisotopic (exact) mass is 348 g/mol. The molecule has 0 aromatic rings. The topological polar surface area (TPSA) is 64.8 Å². The summed E-state index contributed by atoms with van der Waals surface area (Å²) in [5, 5.41) is 0.